The number of carbonyl (C=O) groups excluding carboxylic acids is 3. The molecule has 0 aliphatic heterocycles. The molecule has 43 heavy (non-hydrogen) atoms. The van der Waals surface area contributed by atoms with E-state index in [0.717, 1.165) is 18.4 Å². The smallest absolute Gasteiger partial charge is 0.408 e. The molecule has 8 nitrogen and oxygen atoms in total. The van der Waals surface area contributed by atoms with Crippen LogP contribution in [0.1, 0.15) is 123 Å². The van der Waals surface area contributed by atoms with Crippen molar-refractivity contribution in [2.24, 2.45) is 0 Å². The Morgan fingerprint density at radius 3 is 1.88 bits per heavy atom. The van der Waals surface area contributed by atoms with Gasteiger partial charge in [-0.05, 0) is 32.8 Å². The lowest BCUT2D eigenvalue weighted by atomic mass is 10.0. The van der Waals surface area contributed by atoms with Gasteiger partial charge in [0.05, 0.1) is 6.61 Å². The summed E-state index contributed by atoms with van der Waals surface area (Å²) in [5.74, 6) is 0.289. The van der Waals surface area contributed by atoms with Crippen LogP contribution in [0.25, 0.3) is 0 Å². The monoisotopic (exact) mass is 622 g/mol. The molecule has 0 fully saturated rings. The summed E-state index contributed by atoms with van der Waals surface area (Å²) >= 11 is 1.42. The van der Waals surface area contributed by atoms with Crippen molar-refractivity contribution in [1.29, 1.82) is 0 Å². The van der Waals surface area contributed by atoms with Crippen molar-refractivity contribution in [3.8, 4) is 0 Å². The zero-order chi connectivity index (χ0) is 31.6. The molecule has 0 saturated heterocycles. The highest BCUT2D eigenvalue weighted by Gasteiger charge is 2.25. The van der Waals surface area contributed by atoms with Gasteiger partial charge in [0.1, 0.15) is 18.2 Å². The van der Waals surface area contributed by atoms with E-state index in [0.29, 0.717) is 18.9 Å². The molecule has 0 bridgehead atoms. The molecule has 0 heterocycles. The quantitative estimate of drug-likeness (QED) is 0.0676. The first-order valence-corrected chi connectivity index (χ1v) is 17.5. The first-order valence-electron chi connectivity index (χ1n) is 16.4. The molecule has 0 aliphatic carbocycles. The van der Waals surface area contributed by atoms with Crippen molar-refractivity contribution in [2.75, 3.05) is 24.7 Å². The van der Waals surface area contributed by atoms with Crippen LogP contribution in [0.5, 0.6) is 0 Å². The summed E-state index contributed by atoms with van der Waals surface area (Å²) in [6, 6.07) is 8.47. The highest BCUT2D eigenvalue weighted by molar-refractivity contribution is 7.99. The second-order valence-corrected chi connectivity index (χ2v) is 13.2. The van der Waals surface area contributed by atoms with Gasteiger partial charge in [0.2, 0.25) is 0 Å². The molecule has 0 aromatic heterocycles. The van der Waals surface area contributed by atoms with E-state index in [1.165, 1.54) is 88.8 Å². The number of amides is 2. The predicted octanol–water partition coefficient (Wildman–Crippen LogP) is 8.56. The molecule has 1 aromatic carbocycles. The molecule has 9 heteroatoms. The predicted molar refractivity (Wildman–Crippen MR) is 176 cm³/mol. The average Bonchev–Trinajstić information content (AvgIpc) is 2.96. The van der Waals surface area contributed by atoms with Crippen LogP contribution in [0.2, 0.25) is 0 Å². The Bertz CT molecular complexity index is 862. The molecule has 0 saturated carbocycles. The molecule has 2 amide bonds. The van der Waals surface area contributed by atoms with E-state index in [9.17, 15) is 14.4 Å². The van der Waals surface area contributed by atoms with E-state index in [1.807, 2.05) is 30.3 Å². The third-order valence-electron chi connectivity index (χ3n) is 6.73. The summed E-state index contributed by atoms with van der Waals surface area (Å²) in [6.07, 6.45) is 16.9. The Kier molecular flexibility index (Phi) is 22.4. The maximum Gasteiger partial charge on any atom is 0.408 e. The van der Waals surface area contributed by atoms with E-state index in [-0.39, 0.29) is 12.4 Å². The average molecular weight is 623 g/mol. The van der Waals surface area contributed by atoms with E-state index in [4.69, 9.17) is 14.2 Å². The molecule has 2 N–H and O–H groups in total. The van der Waals surface area contributed by atoms with Crippen LogP contribution in [-0.2, 0) is 25.6 Å². The molecule has 0 radical (unpaired) electrons. The summed E-state index contributed by atoms with van der Waals surface area (Å²) in [7, 11) is 0. The fraction of sp³-hybridized carbons (Fsp3) is 0.735. The molecule has 1 aromatic rings. The molecular formula is C34H58N2O6S. The van der Waals surface area contributed by atoms with Gasteiger partial charge in [0, 0.05) is 18.1 Å². The Balaban J connectivity index is 2.12. The number of hydrogen-bond acceptors (Lipinski definition) is 7. The van der Waals surface area contributed by atoms with Gasteiger partial charge in [-0.15, -0.1) is 0 Å². The van der Waals surface area contributed by atoms with Crippen LogP contribution in [0.3, 0.4) is 0 Å². The molecule has 0 spiro atoms. The van der Waals surface area contributed by atoms with Crippen LogP contribution in [0, 0.1) is 0 Å². The summed E-state index contributed by atoms with van der Waals surface area (Å²) < 4.78 is 16.0. The van der Waals surface area contributed by atoms with E-state index >= 15 is 0 Å². The molecule has 1 atom stereocenters. The lowest BCUT2D eigenvalue weighted by Crippen LogP contribution is -2.45. The van der Waals surface area contributed by atoms with Crippen molar-refractivity contribution in [1.82, 2.24) is 10.6 Å². The lowest BCUT2D eigenvalue weighted by Gasteiger charge is -2.23. The molecule has 246 valence electrons. The zero-order valence-electron chi connectivity index (χ0n) is 27.3. The van der Waals surface area contributed by atoms with Crippen molar-refractivity contribution in [2.45, 2.75) is 136 Å². The van der Waals surface area contributed by atoms with Crippen molar-refractivity contribution < 1.29 is 28.6 Å². The number of unbranched alkanes of at least 4 members (excludes halogenated alkanes) is 13. The highest BCUT2D eigenvalue weighted by atomic mass is 32.2. The highest BCUT2D eigenvalue weighted by Crippen LogP contribution is 2.13. The fourth-order valence-electron chi connectivity index (χ4n) is 4.39. The summed E-state index contributed by atoms with van der Waals surface area (Å²) in [6.45, 7) is 8.46. The van der Waals surface area contributed by atoms with E-state index in [1.54, 1.807) is 20.8 Å². The topological polar surface area (TPSA) is 103 Å². The van der Waals surface area contributed by atoms with Crippen molar-refractivity contribution in [3.05, 3.63) is 35.9 Å². The van der Waals surface area contributed by atoms with Crippen molar-refractivity contribution >= 4 is 29.9 Å². The number of nitrogens with one attached hydrogen (secondary N) is 2. The van der Waals surface area contributed by atoms with E-state index < -0.39 is 29.8 Å². The van der Waals surface area contributed by atoms with Crippen LogP contribution in [0.15, 0.2) is 30.3 Å². The minimum absolute atomic E-state index is 0.115. The third kappa shape index (κ3) is 23.7. The summed E-state index contributed by atoms with van der Waals surface area (Å²) in [4.78, 5) is 37.0. The maximum absolute atomic E-state index is 12.7. The van der Waals surface area contributed by atoms with Gasteiger partial charge >= 0.3 is 18.2 Å². The van der Waals surface area contributed by atoms with Crippen molar-refractivity contribution in [3.63, 3.8) is 0 Å². The number of benzene rings is 1. The third-order valence-corrected chi connectivity index (χ3v) is 7.79. The van der Waals surface area contributed by atoms with Crippen LogP contribution in [0.4, 0.5) is 9.59 Å². The van der Waals surface area contributed by atoms with Crippen LogP contribution < -0.4 is 10.6 Å². The second-order valence-electron chi connectivity index (χ2n) is 12.0. The second kappa shape index (κ2) is 25.0. The molecule has 1 rings (SSSR count). The SMILES string of the molecule is CCCCCCCCCCCCCCCCOC(=O)NCCSCC(NC(=O)OC(C)(C)C)C(=O)OCc1ccccc1. The van der Waals surface area contributed by atoms with Crippen LogP contribution in [-0.4, -0.2) is 54.5 Å². The number of ether oxygens (including phenoxy) is 3. The van der Waals surface area contributed by atoms with Gasteiger partial charge in [0.15, 0.2) is 0 Å². The van der Waals surface area contributed by atoms with E-state index in [2.05, 4.69) is 17.6 Å². The lowest BCUT2D eigenvalue weighted by molar-refractivity contribution is -0.146. The standard InChI is InChI=1S/C34H58N2O6S/c1-5-6-7-8-9-10-11-12-13-14-15-16-17-21-25-40-32(38)35-24-26-43-28-30(36-33(39)42-34(2,3)4)31(37)41-27-29-22-19-18-20-23-29/h18-20,22-23,30H,5-17,21,24-28H2,1-4H3,(H,35,38)(H,36,39). The molecule has 0 aliphatic rings. The van der Waals surface area contributed by atoms with Gasteiger partial charge in [-0.3, -0.25) is 0 Å². The molecule has 1 unspecified atom stereocenters. The van der Waals surface area contributed by atoms with Gasteiger partial charge < -0.3 is 24.8 Å². The Labute approximate surface area is 265 Å². The Morgan fingerprint density at radius 1 is 0.767 bits per heavy atom. The largest absolute Gasteiger partial charge is 0.459 e. The van der Waals surface area contributed by atoms with Gasteiger partial charge in [-0.2, -0.15) is 11.8 Å². The normalized spacial score (nSPS) is 11.9. The number of carbonyl (C=O) groups is 3. The molecular weight excluding hydrogens is 564 g/mol. The van der Waals surface area contributed by atoms with Gasteiger partial charge in [-0.25, -0.2) is 14.4 Å². The minimum atomic E-state index is -0.879. The Morgan fingerprint density at radius 2 is 1.33 bits per heavy atom. The first-order chi connectivity index (χ1) is 20.7. The number of hydrogen-bond donors (Lipinski definition) is 2. The number of esters is 1. The Hall–Kier alpha value is -2.42. The number of rotatable bonds is 24. The zero-order valence-corrected chi connectivity index (χ0v) is 28.1. The first kappa shape index (κ1) is 38.6. The fourth-order valence-corrected chi connectivity index (χ4v) is 5.25. The number of alkyl carbamates (subject to hydrolysis) is 2. The summed E-state index contributed by atoms with van der Waals surface area (Å²) in [5, 5.41) is 5.36. The van der Waals surface area contributed by atoms with Crippen LogP contribution >= 0.6 is 11.8 Å². The maximum atomic E-state index is 12.7. The minimum Gasteiger partial charge on any atom is -0.459 e. The van der Waals surface area contributed by atoms with Gasteiger partial charge in [-0.1, -0.05) is 121 Å². The van der Waals surface area contributed by atoms with Gasteiger partial charge in [0.25, 0.3) is 0 Å². The number of thioether (sulfide) groups is 1. The summed E-state index contributed by atoms with van der Waals surface area (Å²) in [5.41, 5.74) is 0.170.